The second-order valence-corrected chi connectivity index (χ2v) is 6.32. The Kier molecular flexibility index (Phi) is 5.39. The molecule has 3 rings (SSSR count). The number of esters is 2. The predicted octanol–water partition coefficient (Wildman–Crippen LogP) is 3.14. The molecular formula is C20H23N3O4. The van der Waals surface area contributed by atoms with Crippen LogP contribution < -0.4 is 0 Å². The number of hydrogen-bond donors (Lipinski definition) is 1. The molecule has 1 aromatic carbocycles. The van der Waals surface area contributed by atoms with Gasteiger partial charge in [0.25, 0.3) is 0 Å². The molecule has 7 heteroatoms. The average molecular weight is 369 g/mol. The Balaban J connectivity index is 2.18. The number of allylic oxidation sites excluding steroid dienone is 1. The maximum absolute atomic E-state index is 12.7. The van der Waals surface area contributed by atoms with Crippen LogP contribution in [0, 0.1) is 5.92 Å². The van der Waals surface area contributed by atoms with E-state index in [1.54, 1.807) is 27.7 Å². The van der Waals surface area contributed by atoms with Crippen LogP contribution in [-0.2, 0) is 19.1 Å². The molecular weight excluding hydrogens is 346 g/mol. The van der Waals surface area contributed by atoms with Crippen molar-refractivity contribution in [1.29, 1.82) is 0 Å². The zero-order valence-corrected chi connectivity index (χ0v) is 15.9. The minimum Gasteiger partial charge on any atom is -0.465 e. The molecule has 1 aromatic heterocycles. The number of nitrogens with one attached hydrogen (secondary N) is 1. The van der Waals surface area contributed by atoms with Crippen molar-refractivity contribution in [2.75, 3.05) is 13.2 Å². The molecule has 0 radical (unpaired) electrons. The second kappa shape index (κ2) is 7.73. The zero-order valence-electron chi connectivity index (χ0n) is 15.9. The first-order chi connectivity index (χ1) is 13.0. The normalized spacial score (nSPS) is 19.8. The Bertz CT molecular complexity index is 909. The molecule has 27 heavy (non-hydrogen) atoms. The van der Waals surface area contributed by atoms with Crippen molar-refractivity contribution in [3.63, 3.8) is 0 Å². The van der Waals surface area contributed by atoms with Gasteiger partial charge in [-0.3, -0.25) is 9.79 Å². The van der Waals surface area contributed by atoms with Crippen molar-refractivity contribution < 1.29 is 19.1 Å². The number of rotatable bonds is 5. The number of imidazole rings is 1. The van der Waals surface area contributed by atoms with E-state index in [0.717, 1.165) is 11.0 Å². The van der Waals surface area contributed by atoms with E-state index in [1.807, 2.05) is 24.3 Å². The molecule has 0 fully saturated rings. The summed E-state index contributed by atoms with van der Waals surface area (Å²) in [5, 5.41) is 0. The van der Waals surface area contributed by atoms with E-state index in [9.17, 15) is 9.59 Å². The summed E-state index contributed by atoms with van der Waals surface area (Å²) >= 11 is 0. The van der Waals surface area contributed by atoms with Crippen LogP contribution in [0.1, 0.15) is 39.4 Å². The summed E-state index contributed by atoms with van der Waals surface area (Å²) < 4.78 is 10.5. The second-order valence-electron chi connectivity index (χ2n) is 6.32. The molecule has 2 heterocycles. The van der Waals surface area contributed by atoms with E-state index in [1.165, 1.54) is 0 Å². The maximum Gasteiger partial charge on any atom is 0.336 e. The summed E-state index contributed by atoms with van der Waals surface area (Å²) in [5.41, 5.74) is 3.04. The topological polar surface area (TPSA) is 93.6 Å². The van der Waals surface area contributed by atoms with Gasteiger partial charge in [0.2, 0.25) is 0 Å². The predicted molar refractivity (Wildman–Crippen MR) is 101 cm³/mol. The minimum absolute atomic E-state index is 0.231. The van der Waals surface area contributed by atoms with Crippen LogP contribution in [0.5, 0.6) is 0 Å². The highest BCUT2D eigenvalue weighted by Crippen LogP contribution is 2.39. The number of nitrogens with zero attached hydrogens (tertiary/aromatic N) is 2. The van der Waals surface area contributed by atoms with Gasteiger partial charge in [-0.1, -0.05) is 12.1 Å². The van der Waals surface area contributed by atoms with Crippen LogP contribution in [0.2, 0.25) is 0 Å². The van der Waals surface area contributed by atoms with Gasteiger partial charge in [-0.25, -0.2) is 9.78 Å². The van der Waals surface area contributed by atoms with Gasteiger partial charge in [-0.05, 0) is 39.8 Å². The molecule has 2 aromatic rings. The van der Waals surface area contributed by atoms with Crippen molar-refractivity contribution in [3.8, 4) is 0 Å². The molecule has 0 amide bonds. The van der Waals surface area contributed by atoms with Crippen molar-refractivity contribution >= 4 is 28.7 Å². The number of aliphatic imine (C=N–C) groups is 1. The van der Waals surface area contributed by atoms with Crippen LogP contribution >= 0.6 is 0 Å². The highest BCUT2D eigenvalue weighted by molar-refractivity contribution is 6.06. The molecule has 0 saturated carbocycles. The highest BCUT2D eigenvalue weighted by Gasteiger charge is 2.44. The number of fused-ring (bicyclic) bond motifs is 1. The van der Waals surface area contributed by atoms with Crippen molar-refractivity contribution in [1.82, 2.24) is 9.97 Å². The fraction of sp³-hybridized carbons (Fsp3) is 0.400. The lowest BCUT2D eigenvalue weighted by molar-refractivity contribution is -0.146. The van der Waals surface area contributed by atoms with Gasteiger partial charge in [0.05, 0.1) is 35.7 Å². The molecule has 1 aliphatic rings. The average Bonchev–Trinajstić information content (AvgIpc) is 3.05. The van der Waals surface area contributed by atoms with E-state index < -0.39 is 23.8 Å². The number of H-pyrrole nitrogens is 1. The van der Waals surface area contributed by atoms with Gasteiger partial charge in [0, 0.05) is 11.4 Å². The van der Waals surface area contributed by atoms with Crippen LogP contribution in [0.3, 0.4) is 0 Å². The molecule has 7 nitrogen and oxygen atoms in total. The number of hydrogen-bond acceptors (Lipinski definition) is 6. The van der Waals surface area contributed by atoms with Crippen molar-refractivity contribution in [2.45, 2.75) is 33.6 Å². The summed E-state index contributed by atoms with van der Waals surface area (Å²) in [7, 11) is 0. The summed E-state index contributed by atoms with van der Waals surface area (Å²) in [6.07, 6.45) is 0. The number of carbonyl (C=O) groups excluding carboxylic acids is 2. The van der Waals surface area contributed by atoms with E-state index >= 15 is 0 Å². The van der Waals surface area contributed by atoms with Gasteiger partial charge < -0.3 is 14.5 Å². The molecule has 142 valence electrons. The first-order valence-electron chi connectivity index (χ1n) is 9.02. The third-order valence-electron chi connectivity index (χ3n) is 4.57. The van der Waals surface area contributed by atoms with E-state index in [0.29, 0.717) is 22.8 Å². The zero-order chi connectivity index (χ0) is 19.6. The highest BCUT2D eigenvalue weighted by atomic mass is 16.5. The summed E-state index contributed by atoms with van der Waals surface area (Å²) in [6.45, 7) is 7.47. The van der Waals surface area contributed by atoms with Crippen LogP contribution in [0.4, 0.5) is 0 Å². The Morgan fingerprint density at radius 1 is 1.11 bits per heavy atom. The summed E-state index contributed by atoms with van der Waals surface area (Å²) in [5.74, 6) is -1.79. The maximum atomic E-state index is 12.7. The first-order valence-corrected chi connectivity index (χ1v) is 9.02. The molecule has 2 atom stereocenters. The Morgan fingerprint density at radius 2 is 1.81 bits per heavy atom. The fourth-order valence-corrected chi connectivity index (χ4v) is 3.46. The van der Waals surface area contributed by atoms with E-state index in [2.05, 4.69) is 15.0 Å². The monoisotopic (exact) mass is 369 g/mol. The SMILES string of the molecule is CCOC(=O)C1=C(C)N=C(C)C(C(=O)OCC)[C@H]1c1nc2ccccc2[nH]1. The lowest BCUT2D eigenvalue weighted by atomic mass is 9.79. The van der Waals surface area contributed by atoms with Crippen LogP contribution in [0.25, 0.3) is 11.0 Å². The number of benzene rings is 1. The molecule has 1 N–H and O–H groups in total. The Hall–Kier alpha value is -2.96. The lowest BCUT2D eigenvalue weighted by Crippen LogP contribution is -2.37. The number of carbonyl (C=O) groups is 2. The molecule has 0 aliphatic carbocycles. The van der Waals surface area contributed by atoms with Gasteiger partial charge in [-0.2, -0.15) is 0 Å². The molecule has 0 bridgehead atoms. The van der Waals surface area contributed by atoms with Crippen LogP contribution in [-0.4, -0.2) is 40.8 Å². The third-order valence-corrected chi connectivity index (χ3v) is 4.57. The van der Waals surface area contributed by atoms with Crippen molar-refractivity contribution in [2.24, 2.45) is 10.9 Å². The smallest absolute Gasteiger partial charge is 0.336 e. The van der Waals surface area contributed by atoms with Gasteiger partial charge in [0.15, 0.2) is 0 Å². The Labute approximate surface area is 157 Å². The van der Waals surface area contributed by atoms with Gasteiger partial charge in [0.1, 0.15) is 11.7 Å². The molecule has 1 aliphatic heterocycles. The van der Waals surface area contributed by atoms with Crippen molar-refractivity contribution in [3.05, 3.63) is 41.4 Å². The summed E-state index contributed by atoms with van der Waals surface area (Å²) in [6, 6.07) is 7.55. The third kappa shape index (κ3) is 3.49. The summed E-state index contributed by atoms with van der Waals surface area (Å²) in [4.78, 5) is 37.7. The molecule has 0 saturated heterocycles. The number of aromatic amines is 1. The minimum atomic E-state index is -0.742. The quantitative estimate of drug-likeness (QED) is 0.817. The number of para-hydroxylation sites is 2. The van der Waals surface area contributed by atoms with E-state index in [4.69, 9.17) is 9.47 Å². The fourth-order valence-electron chi connectivity index (χ4n) is 3.46. The Morgan fingerprint density at radius 3 is 2.48 bits per heavy atom. The molecule has 0 spiro atoms. The lowest BCUT2D eigenvalue weighted by Gasteiger charge is -2.29. The number of ether oxygens (including phenoxy) is 2. The van der Waals surface area contributed by atoms with Gasteiger partial charge >= 0.3 is 11.9 Å². The number of aromatic nitrogens is 2. The first kappa shape index (κ1) is 18.8. The van der Waals surface area contributed by atoms with Gasteiger partial charge in [-0.15, -0.1) is 0 Å². The standard InChI is InChI=1S/C20H23N3O4/c1-5-26-19(24)15-11(3)21-12(4)16(20(25)27-6-2)17(15)18-22-13-9-7-8-10-14(13)23-18/h7-10,15,17H,5-6H2,1-4H3,(H,22,23)/t15?,17-/m1/s1. The largest absolute Gasteiger partial charge is 0.465 e. The molecule has 1 unspecified atom stereocenters. The van der Waals surface area contributed by atoms with E-state index in [-0.39, 0.29) is 13.2 Å². The van der Waals surface area contributed by atoms with Crippen LogP contribution in [0.15, 0.2) is 40.5 Å².